The molecule has 2 heterocycles. The first-order valence-corrected chi connectivity index (χ1v) is 10.3. The number of carbonyl (C=O) groups is 2. The van der Waals surface area contributed by atoms with Crippen molar-refractivity contribution in [3.05, 3.63) is 33.9 Å². The summed E-state index contributed by atoms with van der Waals surface area (Å²) in [5, 5.41) is 8.95. The van der Waals surface area contributed by atoms with Gasteiger partial charge in [-0.2, -0.15) is 19.6 Å². The van der Waals surface area contributed by atoms with Crippen LogP contribution in [0.15, 0.2) is 0 Å². The van der Waals surface area contributed by atoms with E-state index in [1.54, 1.807) is 0 Å². The maximum atomic E-state index is 13.1. The van der Waals surface area contributed by atoms with E-state index in [4.69, 9.17) is 0 Å². The lowest BCUT2D eigenvalue weighted by molar-refractivity contribution is 0.0691. The molecule has 2 fully saturated rings. The van der Waals surface area contributed by atoms with Crippen molar-refractivity contribution in [2.75, 3.05) is 0 Å². The Labute approximate surface area is 164 Å². The van der Waals surface area contributed by atoms with E-state index < -0.39 is 11.8 Å². The van der Waals surface area contributed by atoms with Crippen molar-refractivity contribution in [2.45, 2.75) is 66.2 Å². The SMILES string of the molecule is Cc1nn(C(=O)C(=O)n2nc(C)c3c2C[C@@H]2[C@H]3C2(C)C)c2c1[C@H]1[C@@H](C2)C1(C)C. The lowest BCUT2D eigenvalue weighted by Gasteiger charge is -2.11. The van der Waals surface area contributed by atoms with E-state index in [0.717, 1.165) is 35.6 Å². The summed E-state index contributed by atoms with van der Waals surface area (Å²) in [6.45, 7) is 13.0. The number of hydrogen-bond acceptors (Lipinski definition) is 4. The summed E-state index contributed by atoms with van der Waals surface area (Å²) in [6.07, 6.45) is 1.67. The van der Waals surface area contributed by atoms with E-state index in [1.807, 2.05) is 13.8 Å². The Morgan fingerprint density at radius 2 is 1.14 bits per heavy atom. The van der Waals surface area contributed by atoms with Crippen molar-refractivity contribution >= 4 is 11.8 Å². The van der Waals surface area contributed by atoms with Gasteiger partial charge in [-0.15, -0.1) is 0 Å². The molecule has 0 saturated heterocycles. The predicted molar refractivity (Wildman–Crippen MR) is 103 cm³/mol. The smallest absolute Gasteiger partial charge is 0.261 e. The highest BCUT2D eigenvalue weighted by atomic mass is 16.2. The Balaban J connectivity index is 1.36. The molecule has 0 amide bonds. The third kappa shape index (κ3) is 1.67. The number of hydrogen-bond donors (Lipinski definition) is 0. The van der Waals surface area contributed by atoms with E-state index in [2.05, 4.69) is 37.9 Å². The Morgan fingerprint density at radius 3 is 1.50 bits per heavy atom. The summed E-state index contributed by atoms with van der Waals surface area (Å²) in [5.74, 6) is 0.939. The summed E-state index contributed by atoms with van der Waals surface area (Å²) >= 11 is 0. The highest BCUT2D eigenvalue weighted by molar-refractivity contribution is 6.36. The molecule has 28 heavy (non-hydrogen) atoms. The van der Waals surface area contributed by atoms with Crippen LogP contribution in [-0.2, 0) is 12.8 Å². The topological polar surface area (TPSA) is 69.8 Å². The quantitative estimate of drug-likeness (QED) is 0.660. The average molecular weight is 378 g/mol. The molecule has 4 atom stereocenters. The minimum absolute atomic E-state index is 0.284. The summed E-state index contributed by atoms with van der Waals surface area (Å²) in [5.41, 5.74) is 6.61. The third-order valence-electron chi connectivity index (χ3n) is 8.53. The minimum Gasteiger partial charge on any atom is -0.261 e. The van der Waals surface area contributed by atoms with Crippen LogP contribution in [0.4, 0.5) is 0 Å². The van der Waals surface area contributed by atoms with Crippen LogP contribution < -0.4 is 0 Å². The maximum absolute atomic E-state index is 13.1. The van der Waals surface area contributed by atoms with Crippen LogP contribution in [0.3, 0.4) is 0 Å². The largest absolute Gasteiger partial charge is 0.338 e. The molecule has 0 radical (unpaired) electrons. The fourth-order valence-electron chi connectivity index (χ4n) is 6.71. The second-order valence-corrected chi connectivity index (χ2v) is 10.5. The van der Waals surface area contributed by atoms with Crippen LogP contribution in [0.1, 0.15) is 83.0 Å². The van der Waals surface area contributed by atoms with Crippen molar-refractivity contribution in [3.63, 3.8) is 0 Å². The van der Waals surface area contributed by atoms with E-state index >= 15 is 0 Å². The predicted octanol–water partition coefficient (Wildman–Crippen LogP) is 3.27. The Hall–Kier alpha value is -2.24. The van der Waals surface area contributed by atoms with Crippen LogP contribution in [0.25, 0.3) is 0 Å². The number of aromatic nitrogens is 4. The van der Waals surface area contributed by atoms with Crippen molar-refractivity contribution in [1.82, 2.24) is 19.6 Å². The third-order valence-corrected chi connectivity index (χ3v) is 8.53. The van der Waals surface area contributed by atoms with E-state index in [0.29, 0.717) is 23.7 Å². The van der Waals surface area contributed by atoms with Crippen LogP contribution in [0, 0.1) is 36.5 Å². The molecule has 146 valence electrons. The molecule has 0 N–H and O–H groups in total. The van der Waals surface area contributed by atoms with Gasteiger partial charge in [0.05, 0.1) is 22.8 Å². The normalized spacial score (nSPS) is 31.8. The first kappa shape index (κ1) is 16.7. The van der Waals surface area contributed by atoms with Gasteiger partial charge in [0, 0.05) is 11.1 Å². The van der Waals surface area contributed by atoms with Gasteiger partial charge >= 0.3 is 11.8 Å². The van der Waals surface area contributed by atoms with Crippen LogP contribution >= 0.6 is 0 Å². The molecule has 6 rings (SSSR count). The summed E-state index contributed by atoms with van der Waals surface area (Å²) in [7, 11) is 0. The van der Waals surface area contributed by atoms with Gasteiger partial charge in [-0.05, 0) is 61.2 Å². The van der Waals surface area contributed by atoms with Gasteiger partial charge in [0.15, 0.2) is 0 Å². The Bertz CT molecular complexity index is 1030. The molecule has 0 bridgehead atoms. The second kappa shape index (κ2) is 4.50. The average Bonchev–Trinajstić information content (AvgIpc) is 3.11. The van der Waals surface area contributed by atoms with E-state index in [1.165, 1.54) is 20.5 Å². The molecule has 0 spiro atoms. The molecule has 6 heteroatoms. The van der Waals surface area contributed by atoms with Gasteiger partial charge < -0.3 is 0 Å². The fraction of sp³-hybridized carbons (Fsp3) is 0.636. The summed E-state index contributed by atoms with van der Waals surface area (Å²) in [4.78, 5) is 26.2. The summed E-state index contributed by atoms with van der Waals surface area (Å²) < 4.78 is 2.75. The first-order valence-electron chi connectivity index (χ1n) is 10.3. The van der Waals surface area contributed by atoms with Crippen molar-refractivity contribution in [1.29, 1.82) is 0 Å². The van der Waals surface area contributed by atoms with Gasteiger partial charge in [0.1, 0.15) is 0 Å². The second-order valence-electron chi connectivity index (χ2n) is 10.5. The highest BCUT2D eigenvalue weighted by Gasteiger charge is 2.65. The lowest BCUT2D eigenvalue weighted by Crippen LogP contribution is -2.31. The molecule has 0 unspecified atom stereocenters. The molecule has 2 aromatic heterocycles. The maximum Gasteiger partial charge on any atom is 0.338 e. The molecular weight excluding hydrogens is 352 g/mol. The molecule has 6 nitrogen and oxygen atoms in total. The molecule has 2 aromatic rings. The number of fused-ring (bicyclic) bond motifs is 6. The van der Waals surface area contributed by atoms with Gasteiger partial charge in [-0.25, -0.2) is 0 Å². The van der Waals surface area contributed by atoms with E-state index in [-0.39, 0.29) is 10.8 Å². The van der Waals surface area contributed by atoms with Crippen molar-refractivity contribution in [2.24, 2.45) is 22.7 Å². The van der Waals surface area contributed by atoms with Crippen molar-refractivity contribution < 1.29 is 9.59 Å². The zero-order valence-corrected chi connectivity index (χ0v) is 17.3. The van der Waals surface area contributed by atoms with Gasteiger partial charge in [-0.3, -0.25) is 9.59 Å². The standard InChI is InChI=1S/C22H26N4O2/c1-9-15-13(7-11-17(15)21(11,3)4)25(23-9)19(27)20(28)26-14-8-12-18(22(12,5)6)16(14)10(2)24-26/h11-12,17-18H,7-8H2,1-6H3/t11-,12-,17-,18-/m1/s1. The number of aryl methyl sites for hydroxylation is 2. The monoisotopic (exact) mass is 378 g/mol. The summed E-state index contributed by atoms with van der Waals surface area (Å²) in [6, 6.07) is 0. The zero-order valence-electron chi connectivity index (χ0n) is 17.3. The number of carbonyl (C=O) groups excluding carboxylic acids is 2. The zero-order chi connectivity index (χ0) is 19.9. The van der Waals surface area contributed by atoms with Gasteiger partial charge in [0.2, 0.25) is 0 Å². The van der Waals surface area contributed by atoms with Crippen LogP contribution in [0.5, 0.6) is 0 Å². The fourth-order valence-corrected chi connectivity index (χ4v) is 6.71. The molecule has 0 aliphatic heterocycles. The van der Waals surface area contributed by atoms with Gasteiger partial charge in [-0.1, -0.05) is 27.7 Å². The van der Waals surface area contributed by atoms with Crippen LogP contribution in [0.2, 0.25) is 0 Å². The number of rotatable bonds is 0. The minimum atomic E-state index is -0.575. The molecule has 0 aromatic carbocycles. The Morgan fingerprint density at radius 1 is 0.786 bits per heavy atom. The molecule has 4 aliphatic rings. The Kier molecular flexibility index (Phi) is 2.68. The number of nitrogens with zero attached hydrogens (tertiary/aromatic N) is 4. The van der Waals surface area contributed by atoms with E-state index in [9.17, 15) is 9.59 Å². The highest BCUT2D eigenvalue weighted by Crippen LogP contribution is 2.71. The lowest BCUT2D eigenvalue weighted by atomic mass is 9.98. The van der Waals surface area contributed by atoms with Gasteiger partial charge in [0.25, 0.3) is 0 Å². The first-order chi connectivity index (χ1) is 13.1. The van der Waals surface area contributed by atoms with Crippen molar-refractivity contribution in [3.8, 4) is 0 Å². The molecule has 4 aliphatic carbocycles. The molecular formula is C22H26N4O2. The van der Waals surface area contributed by atoms with Crippen LogP contribution in [-0.4, -0.2) is 31.4 Å². The molecule has 2 saturated carbocycles.